The Morgan fingerprint density at radius 2 is 1.35 bits per heavy atom. The second kappa shape index (κ2) is 8.37. The van der Waals surface area contributed by atoms with Gasteiger partial charge in [0.25, 0.3) is 5.69 Å². The van der Waals surface area contributed by atoms with Crippen LogP contribution in [0.1, 0.15) is 22.9 Å². The highest BCUT2D eigenvalue weighted by atomic mass is 16.7. The molecule has 0 spiro atoms. The molecule has 7 nitrogen and oxygen atoms in total. The van der Waals surface area contributed by atoms with Gasteiger partial charge in [0, 0.05) is 26.2 Å². The van der Waals surface area contributed by atoms with E-state index in [0.717, 1.165) is 13.1 Å². The number of nitrogens with zero attached hydrogens (tertiary/aromatic N) is 3. The summed E-state index contributed by atoms with van der Waals surface area (Å²) in [6, 6.07) is 23.7. The number of nitro benzene ring substituents is 1. The normalized spacial score (nSPS) is 16.6. The number of ether oxygens (including phenoxy) is 2. The fourth-order valence-electron chi connectivity index (χ4n) is 4.40. The Balaban J connectivity index is 1.55. The molecule has 0 bridgehead atoms. The number of hydrogen-bond acceptors (Lipinski definition) is 6. The number of benzene rings is 3. The number of hydrogen-bond donors (Lipinski definition) is 0. The molecule has 0 amide bonds. The van der Waals surface area contributed by atoms with Crippen molar-refractivity contribution in [2.24, 2.45) is 0 Å². The van der Waals surface area contributed by atoms with Gasteiger partial charge in [0.2, 0.25) is 6.79 Å². The van der Waals surface area contributed by atoms with Gasteiger partial charge in [0.05, 0.1) is 22.7 Å². The van der Waals surface area contributed by atoms with Crippen molar-refractivity contribution in [2.75, 3.05) is 19.9 Å². The van der Waals surface area contributed by atoms with Gasteiger partial charge in [-0.15, -0.1) is 0 Å². The number of rotatable bonds is 6. The number of nitro groups is 1. The fourth-order valence-corrected chi connectivity index (χ4v) is 4.40. The predicted molar refractivity (Wildman–Crippen MR) is 116 cm³/mol. The minimum atomic E-state index is -0.322. The van der Waals surface area contributed by atoms with Crippen molar-refractivity contribution in [2.45, 2.75) is 19.3 Å². The summed E-state index contributed by atoms with van der Waals surface area (Å²) in [5, 5.41) is 12.0. The summed E-state index contributed by atoms with van der Waals surface area (Å²) in [5.74, 6) is 0.990. The average molecular weight is 417 g/mol. The first-order chi connectivity index (χ1) is 15.2. The van der Waals surface area contributed by atoms with Crippen molar-refractivity contribution in [1.29, 1.82) is 0 Å². The molecule has 2 aliphatic heterocycles. The van der Waals surface area contributed by atoms with Gasteiger partial charge in [-0.05, 0) is 17.2 Å². The third-order valence-electron chi connectivity index (χ3n) is 5.82. The number of fused-ring (bicyclic) bond motifs is 1. The van der Waals surface area contributed by atoms with Gasteiger partial charge >= 0.3 is 0 Å². The molecule has 3 aromatic carbocycles. The van der Waals surface area contributed by atoms with Crippen LogP contribution < -0.4 is 9.47 Å². The van der Waals surface area contributed by atoms with Gasteiger partial charge in [0.15, 0.2) is 11.5 Å². The zero-order chi connectivity index (χ0) is 21.2. The maximum Gasteiger partial charge on any atom is 0.279 e. The van der Waals surface area contributed by atoms with Crippen LogP contribution in [0, 0.1) is 10.1 Å². The Bertz CT molecular complexity index is 1030. The molecule has 0 N–H and O–H groups in total. The first-order valence-electron chi connectivity index (χ1n) is 10.3. The van der Waals surface area contributed by atoms with Gasteiger partial charge in [-0.25, -0.2) is 0 Å². The molecule has 0 atom stereocenters. The van der Waals surface area contributed by atoms with Crippen LogP contribution in [0.5, 0.6) is 11.5 Å². The summed E-state index contributed by atoms with van der Waals surface area (Å²) in [6.07, 6.45) is -0.240. The highest BCUT2D eigenvalue weighted by molar-refractivity contribution is 5.56. The van der Waals surface area contributed by atoms with Gasteiger partial charge in [-0.2, -0.15) is 0 Å². The topological polar surface area (TPSA) is 68.1 Å². The summed E-state index contributed by atoms with van der Waals surface area (Å²) in [6.45, 7) is 3.14. The van der Waals surface area contributed by atoms with E-state index < -0.39 is 0 Å². The lowest BCUT2D eigenvalue weighted by Gasteiger charge is -2.30. The highest BCUT2D eigenvalue weighted by Gasteiger charge is 2.38. The van der Waals surface area contributed by atoms with Crippen LogP contribution in [0.2, 0.25) is 0 Å². The monoisotopic (exact) mass is 417 g/mol. The quantitative estimate of drug-likeness (QED) is 0.439. The fraction of sp³-hybridized carbons (Fsp3) is 0.250. The molecule has 1 saturated heterocycles. The molecule has 0 aromatic heterocycles. The molecule has 31 heavy (non-hydrogen) atoms. The van der Waals surface area contributed by atoms with Gasteiger partial charge in [-0.3, -0.25) is 19.9 Å². The molecule has 3 aromatic rings. The van der Waals surface area contributed by atoms with Crippen molar-refractivity contribution < 1.29 is 14.4 Å². The lowest BCUT2D eigenvalue weighted by molar-refractivity contribution is -0.386. The predicted octanol–water partition coefficient (Wildman–Crippen LogP) is 4.34. The van der Waals surface area contributed by atoms with Crippen LogP contribution in [0.25, 0.3) is 0 Å². The van der Waals surface area contributed by atoms with Crippen LogP contribution in [0.4, 0.5) is 5.69 Å². The smallest absolute Gasteiger partial charge is 0.279 e. The Labute approximate surface area is 180 Å². The van der Waals surface area contributed by atoms with E-state index in [1.54, 1.807) is 6.07 Å². The molecule has 5 rings (SSSR count). The first-order valence-corrected chi connectivity index (χ1v) is 10.3. The van der Waals surface area contributed by atoms with Crippen molar-refractivity contribution in [1.82, 2.24) is 9.80 Å². The molecule has 2 aliphatic rings. The zero-order valence-electron chi connectivity index (χ0n) is 17.0. The molecule has 7 heteroatoms. The standard InChI is InChI=1S/C24H23N3O4/c28-27(29)21-14-23-22(30-17-31-23)13-20(21)24-25(15-18-7-3-1-4-8-18)11-12-26(24)16-19-9-5-2-6-10-19/h1-10,13-14,24H,11-12,15-17H2. The highest BCUT2D eigenvalue weighted by Crippen LogP contribution is 2.44. The molecule has 0 saturated carbocycles. The van der Waals surface area contributed by atoms with E-state index in [1.165, 1.54) is 17.2 Å². The van der Waals surface area contributed by atoms with Crippen molar-refractivity contribution in [3.63, 3.8) is 0 Å². The summed E-state index contributed by atoms with van der Waals surface area (Å²) in [4.78, 5) is 16.2. The van der Waals surface area contributed by atoms with Gasteiger partial charge < -0.3 is 9.47 Å². The summed E-state index contributed by atoms with van der Waals surface area (Å²) < 4.78 is 11.0. The second-order valence-corrected chi connectivity index (χ2v) is 7.81. The first kappa shape index (κ1) is 19.5. The Morgan fingerprint density at radius 3 is 1.87 bits per heavy atom. The van der Waals surface area contributed by atoms with Crippen LogP contribution >= 0.6 is 0 Å². The van der Waals surface area contributed by atoms with Crippen LogP contribution in [0.15, 0.2) is 72.8 Å². The minimum Gasteiger partial charge on any atom is -0.454 e. The van der Waals surface area contributed by atoms with E-state index in [2.05, 4.69) is 34.1 Å². The lowest BCUT2D eigenvalue weighted by atomic mass is 10.1. The van der Waals surface area contributed by atoms with Crippen molar-refractivity contribution >= 4 is 5.69 Å². The summed E-state index contributed by atoms with van der Waals surface area (Å²) >= 11 is 0. The van der Waals surface area contributed by atoms with Crippen molar-refractivity contribution in [3.05, 3.63) is 99.6 Å². The maximum absolute atomic E-state index is 12.0. The molecular weight excluding hydrogens is 394 g/mol. The molecule has 0 unspecified atom stereocenters. The van der Waals surface area contributed by atoms with E-state index in [0.29, 0.717) is 30.2 Å². The van der Waals surface area contributed by atoms with Gasteiger partial charge in [-0.1, -0.05) is 60.7 Å². The van der Waals surface area contributed by atoms with E-state index in [1.807, 2.05) is 36.4 Å². The van der Waals surface area contributed by atoms with Gasteiger partial charge in [0.1, 0.15) is 0 Å². The minimum absolute atomic E-state index is 0.0623. The Kier molecular flexibility index (Phi) is 5.28. The van der Waals surface area contributed by atoms with Crippen LogP contribution in [-0.2, 0) is 13.1 Å². The van der Waals surface area contributed by atoms with Crippen LogP contribution in [-0.4, -0.2) is 34.6 Å². The second-order valence-electron chi connectivity index (χ2n) is 7.81. The third kappa shape index (κ3) is 3.97. The lowest BCUT2D eigenvalue weighted by Crippen LogP contribution is -2.31. The zero-order valence-corrected chi connectivity index (χ0v) is 17.0. The third-order valence-corrected chi connectivity index (χ3v) is 5.82. The van der Waals surface area contributed by atoms with E-state index in [-0.39, 0.29) is 23.6 Å². The van der Waals surface area contributed by atoms with Crippen LogP contribution in [0.3, 0.4) is 0 Å². The van der Waals surface area contributed by atoms with E-state index in [9.17, 15) is 10.1 Å². The largest absolute Gasteiger partial charge is 0.454 e. The molecule has 158 valence electrons. The molecule has 2 heterocycles. The Hall–Kier alpha value is -3.42. The summed E-state index contributed by atoms with van der Waals surface area (Å²) in [7, 11) is 0. The summed E-state index contributed by atoms with van der Waals surface area (Å²) in [5.41, 5.74) is 3.06. The molecule has 1 fully saturated rings. The van der Waals surface area contributed by atoms with Crippen molar-refractivity contribution in [3.8, 4) is 11.5 Å². The van der Waals surface area contributed by atoms with E-state index in [4.69, 9.17) is 9.47 Å². The average Bonchev–Trinajstić information content (AvgIpc) is 3.40. The maximum atomic E-state index is 12.0. The Morgan fingerprint density at radius 1 is 0.839 bits per heavy atom. The molecule has 0 radical (unpaired) electrons. The molecule has 0 aliphatic carbocycles. The SMILES string of the molecule is O=[N+]([O-])c1cc2c(cc1C1N(Cc3ccccc3)CCN1Cc1ccccc1)OCO2. The molecular formula is C24H23N3O4. The van der Waals surface area contributed by atoms with E-state index >= 15 is 0 Å².